The van der Waals surface area contributed by atoms with Crippen LogP contribution in [0.4, 0.5) is 5.69 Å². The molecule has 0 atom stereocenters. The van der Waals surface area contributed by atoms with Gasteiger partial charge in [-0.25, -0.2) is 4.98 Å². The van der Waals surface area contributed by atoms with Crippen molar-refractivity contribution in [2.45, 2.75) is 19.8 Å². The van der Waals surface area contributed by atoms with Gasteiger partial charge in [-0.3, -0.25) is 4.79 Å². The fourth-order valence-electron chi connectivity index (χ4n) is 2.73. The van der Waals surface area contributed by atoms with E-state index in [4.69, 9.17) is 9.47 Å². The Morgan fingerprint density at radius 1 is 0.967 bits per heavy atom. The minimum Gasteiger partial charge on any atom is -0.490 e. The Morgan fingerprint density at radius 2 is 1.77 bits per heavy atom. The van der Waals surface area contributed by atoms with Crippen molar-refractivity contribution in [2.24, 2.45) is 0 Å². The van der Waals surface area contributed by atoms with Gasteiger partial charge in [-0.2, -0.15) is 0 Å². The molecule has 0 saturated carbocycles. The monoisotopic (exact) mass is 400 g/mol. The minimum absolute atomic E-state index is 0.0634. The zero-order valence-electron chi connectivity index (χ0n) is 16.9. The van der Waals surface area contributed by atoms with Crippen LogP contribution < -0.4 is 14.8 Å². The maximum atomic E-state index is 12.2. The summed E-state index contributed by atoms with van der Waals surface area (Å²) >= 11 is 0. The third-order valence-electron chi connectivity index (χ3n) is 4.10. The van der Waals surface area contributed by atoms with Crippen molar-refractivity contribution in [1.82, 2.24) is 4.98 Å². The number of anilines is 1. The number of hydrogen-bond donors (Lipinski definition) is 1. The zero-order chi connectivity index (χ0) is 21.0. The summed E-state index contributed by atoms with van der Waals surface area (Å²) in [5.74, 6) is 7.42. The molecule has 2 aromatic carbocycles. The lowest BCUT2D eigenvalue weighted by Gasteiger charge is -2.11. The van der Waals surface area contributed by atoms with Crippen molar-refractivity contribution in [2.75, 3.05) is 18.5 Å². The van der Waals surface area contributed by atoms with Gasteiger partial charge in [0.2, 0.25) is 5.91 Å². The van der Waals surface area contributed by atoms with Gasteiger partial charge in [-0.15, -0.1) is 0 Å². The van der Waals surface area contributed by atoms with Crippen molar-refractivity contribution in [3.05, 3.63) is 84.2 Å². The molecule has 0 radical (unpaired) electrons. The highest BCUT2D eigenvalue weighted by atomic mass is 16.5. The number of amides is 1. The van der Waals surface area contributed by atoms with Crippen LogP contribution in [0.25, 0.3) is 0 Å². The molecule has 0 aliphatic carbocycles. The van der Waals surface area contributed by atoms with Crippen LogP contribution in [-0.4, -0.2) is 24.1 Å². The summed E-state index contributed by atoms with van der Waals surface area (Å²) in [5.41, 5.74) is 2.24. The Bertz CT molecular complexity index is 1020. The van der Waals surface area contributed by atoms with E-state index in [1.54, 1.807) is 6.20 Å². The lowest BCUT2D eigenvalue weighted by molar-refractivity contribution is -0.116. The maximum Gasteiger partial charge on any atom is 0.224 e. The number of para-hydroxylation sites is 2. The number of hydrogen-bond acceptors (Lipinski definition) is 4. The van der Waals surface area contributed by atoms with Crippen molar-refractivity contribution >= 4 is 11.6 Å². The summed E-state index contributed by atoms with van der Waals surface area (Å²) in [6.07, 6.45) is 2.67. The third-order valence-corrected chi connectivity index (χ3v) is 4.10. The molecule has 1 heterocycles. The van der Waals surface area contributed by atoms with Crippen LogP contribution in [-0.2, 0) is 4.79 Å². The van der Waals surface area contributed by atoms with Crippen LogP contribution >= 0.6 is 0 Å². The van der Waals surface area contributed by atoms with E-state index in [-0.39, 0.29) is 5.91 Å². The van der Waals surface area contributed by atoms with Gasteiger partial charge in [0.15, 0.2) is 11.5 Å². The Kier molecular flexibility index (Phi) is 7.87. The molecule has 1 aromatic heterocycles. The second-order valence-electron chi connectivity index (χ2n) is 6.43. The Hall–Kier alpha value is -3.78. The number of pyridine rings is 1. The first kappa shape index (κ1) is 20.9. The number of ether oxygens (including phenoxy) is 2. The molecule has 30 heavy (non-hydrogen) atoms. The second kappa shape index (κ2) is 11.3. The molecule has 5 nitrogen and oxygen atoms in total. The average Bonchev–Trinajstić information content (AvgIpc) is 2.77. The van der Waals surface area contributed by atoms with E-state index in [0.29, 0.717) is 43.2 Å². The van der Waals surface area contributed by atoms with Gasteiger partial charge in [-0.05, 0) is 61.7 Å². The zero-order valence-corrected chi connectivity index (χ0v) is 16.9. The number of carbonyl (C=O) groups excluding carboxylic acids is 1. The van der Waals surface area contributed by atoms with E-state index in [2.05, 4.69) is 22.1 Å². The average molecular weight is 400 g/mol. The van der Waals surface area contributed by atoms with Gasteiger partial charge in [-0.1, -0.05) is 30.2 Å². The Labute approximate surface area is 177 Å². The van der Waals surface area contributed by atoms with E-state index in [9.17, 15) is 4.79 Å². The Morgan fingerprint density at radius 3 is 2.53 bits per heavy atom. The van der Waals surface area contributed by atoms with E-state index < -0.39 is 0 Å². The van der Waals surface area contributed by atoms with Crippen LogP contribution in [0.5, 0.6) is 11.5 Å². The summed E-state index contributed by atoms with van der Waals surface area (Å²) in [6, 6.07) is 20.6. The molecular weight excluding hydrogens is 376 g/mol. The van der Waals surface area contributed by atoms with E-state index in [0.717, 1.165) is 11.3 Å². The van der Waals surface area contributed by atoms with E-state index in [1.165, 1.54) is 0 Å². The number of aromatic nitrogens is 1. The molecule has 0 aliphatic heterocycles. The lowest BCUT2D eigenvalue weighted by atomic mass is 10.2. The number of nitrogens with one attached hydrogen (secondary N) is 1. The van der Waals surface area contributed by atoms with Crippen LogP contribution in [0.15, 0.2) is 72.9 Å². The van der Waals surface area contributed by atoms with Crippen LogP contribution in [0, 0.1) is 11.8 Å². The molecule has 3 rings (SSSR count). The van der Waals surface area contributed by atoms with Crippen molar-refractivity contribution < 1.29 is 14.3 Å². The number of rotatable bonds is 8. The van der Waals surface area contributed by atoms with Gasteiger partial charge in [0.25, 0.3) is 0 Å². The van der Waals surface area contributed by atoms with Gasteiger partial charge < -0.3 is 14.8 Å². The van der Waals surface area contributed by atoms with Crippen molar-refractivity contribution in [1.29, 1.82) is 0 Å². The van der Waals surface area contributed by atoms with Gasteiger partial charge in [0, 0.05) is 23.9 Å². The molecular formula is C25H24N2O3. The van der Waals surface area contributed by atoms with Gasteiger partial charge >= 0.3 is 0 Å². The van der Waals surface area contributed by atoms with Crippen molar-refractivity contribution in [3.63, 3.8) is 0 Å². The number of benzene rings is 2. The van der Waals surface area contributed by atoms with Gasteiger partial charge in [0.1, 0.15) is 5.69 Å². The highest BCUT2D eigenvalue weighted by molar-refractivity contribution is 5.90. The molecule has 1 N–H and O–H groups in total. The topological polar surface area (TPSA) is 60.5 Å². The Balaban J connectivity index is 1.47. The lowest BCUT2D eigenvalue weighted by Crippen LogP contribution is -2.13. The number of nitrogens with zero attached hydrogens (tertiary/aromatic N) is 1. The largest absolute Gasteiger partial charge is 0.490 e. The summed E-state index contributed by atoms with van der Waals surface area (Å²) in [6.45, 7) is 2.95. The molecule has 152 valence electrons. The first-order valence-corrected chi connectivity index (χ1v) is 9.92. The second-order valence-corrected chi connectivity index (χ2v) is 6.43. The quantitative estimate of drug-likeness (QED) is 0.441. The molecule has 1 amide bonds. The predicted octanol–water partition coefficient (Wildman–Crippen LogP) is 4.68. The highest BCUT2D eigenvalue weighted by Crippen LogP contribution is 2.26. The van der Waals surface area contributed by atoms with Crippen LogP contribution in [0.3, 0.4) is 0 Å². The van der Waals surface area contributed by atoms with Crippen LogP contribution in [0.1, 0.15) is 31.0 Å². The molecule has 0 aliphatic rings. The molecule has 0 spiro atoms. The maximum absolute atomic E-state index is 12.2. The van der Waals surface area contributed by atoms with Gasteiger partial charge in [0.05, 0.1) is 13.2 Å². The molecule has 0 unspecified atom stereocenters. The summed E-state index contributed by atoms with van der Waals surface area (Å²) in [7, 11) is 0. The third kappa shape index (κ3) is 6.68. The first-order valence-electron chi connectivity index (χ1n) is 9.92. The summed E-state index contributed by atoms with van der Waals surface area (Å²) in [5, 5.41) is 2.91. The summed E-state index contributed by atoms with van der Waals surface area (Å²) in [4.78, 5) is 16.4. The van der Waals surface area contributed by atoms with E-state index in [1.807, 2.05) is 73.7 Å². The number of carbonyl (C=O) groups is 1. The standard InChI is InChI=1S/C25H24N2O3/c1-2-29-23-12-3-4-13-24(23)30-18-8-14-25(28)27-22-11-7-9-20(19-22)15-16-21-10-5-6-17-26-21/h3-7,9-13,17,19H,2,8,14,18H2,1H3,(H,27,28). The SMILES string of the molecule is CCOc1ccccc1OCCCC(=O)Nc1cccc(C#Cc2ccccn2)c1. The van der Waals surface area contributed by atoms with Crippen LogP contribution in [0.2, 0.25) is 0 Å². The van der Waals surface area contributed by atoms with Crippen molar-refractivity contribution in [3.8, 4) is 23.3 Å². The van der Waals surface area contributed by atoms with E-state index >= 15 is 0 Å². The molecule has 0 saturated heterocycles. The smallest absolute Gasteiger partial charge is 0.224 e. The normalized spacial score (nSPS) is 9.90. The molecule has 3 aromatic rings. The minimum atomic E-state index is -0.0634. The molecule has 5 heteroatoms. The highest BCUT2D eigenvalue weighted by Gasteiger charge is 2.06. The molecule has 0 fully saturated rings. The molecule has 0 bridgehead atoms. The summed E-state index contributed by atoms with van der Waals surface area (Å²) < 4.78 is 11.3. The fourth-order valence-corrected chi connectivity index (χ4v) is 2.73. The predicted molar refractivity (Wildman–Crippen MR) is 118 cm³/mol. The first-order chi connectivity index (χ1) is 14.7. The fraction of sp³-hybridized carbons (Fsp3) is 0.200.